The molecule has 1 aliphatic carbocycles. The fourth-order valence-electron chi connectivity index (χ4n) is 2.09. The van der Waals surface area contributed by atoms with Crippen LogP contribution in [0.4, 0.5) is 0 Å². The van der Waals surface area contributed by atoms with Crippen molar-refractivity contribution >= 4 is 0 Å². The number of fused-ring (bicyclic) bond motifs is 1. The Kier molecular flexibility index (Phi) is 1.86. The lowest BCUT2D eigenvalue weighted by Gasteiger charge is -2.41. The predicted molar refractivity (Wildman–Crippen MR) is 51.3 cm³/mol. The van der Waals surface area contributed by atoms with Gasteiger partial charge in [-0.25, -0.2) is 0 Å². The van der Waals surface area contributed by atoms with Gasteiger partial charge in [-0.3, -0.25) is 0 Å². The SMILES string of the molecule is CC1(C)CCOC2=CC=C(O)CC21. The molecule has 2 nitrogen and oxygen atoms in total. The fraction of sp³-hybridized carbons (Fsp3) is 0.636. The van der Waals surface area contributed by atoms with Gasteiger partial charge in [-0.1, -0.05) is 13.8 Å². The molecule has 1 heterocycles. The van der Waals surface area contributed by atoms with Crippen LogP contribution < -0.4 is 0 Å². The van der Waals surface area contributed by atoms with Crippen molar-refractivity contribution in [3.8, 4) is 0 Å². The molecule has 1 aliphatic heterocycles. The molecule has 0 spiro atoms. The highest BCUT2D eigenvalue weighted by Gasteiger charge is 2.38. The maximum Gasteiger partial charge on any atom is 0.100 e. The summed E-state index contributed by atoms with van der Waals surface area (Å²) in [4.78, 5) is 0. The quantitative estimate of drug-likeness (QED) is 0.621. The molecular weight excluding hydrogens is 164 g/mol. The lowest BCUT2D eigenvalue weighted by molar-refractivity contribution is 0.0292. The molecule has 0 saturated carbocycles. The number of aliphatic hydroxyl groups is 1. The number of allylic oxidation sites excluding steroid dienone is 4. The summed E-state index contributed by atoms with van der Waals surface area (Å²) in [5, 5.41) is 9.44. The minimum atomic E-state index is 0.256. The first-order valence-corrected chi connectivity index (χ1v) is 4.82. The molecule has 1 fully saturated rings. The summed E-state index contributed by atoms with van der Waals surface area (Å²) in [6.45, 7) is 5.29. The van der Waals surface area contributed by atoms with E-state index in [1.165, 1.54) is 0 Å². The van der Waals surface area contributed by atoms with Gasteiger partial charge < -0.3 is 9.84 Å². The maximum atomic E-state index is 9.44. The molecule has 2 rings (SSSR count). The molecular formula is C11H16O2. The van der Waals surface area contributed by atoms with Crippen molar-refractivity contribution in [2.24, 2.45) is 11.3 Å². The number of ether oxygens (including phenoxy) is 1. The van der Waals surface area contributed by atoms with E-state index in [0.29, 0.717) is 11.7 Å². The van der Waals surface area contributed by atoms with Crippen molar-refractivity contribution in [3.05, 3.63) is 23.7 Å². The van der Waals surface area contributed by atoms with Crippen molar-refractivity contribution in [2.45, 2.75) is 26.7 Å². The molecule has 1 saturated heterocycles. The van der Waals surface area contributed by atoms with E-state index < -0.39 is 0 Å². The van der Waals surface area contributed by atoms with Gasteiger partial charge in [0, 0.05) is 12.3 Å². The molecule has 0 aromatic rings. The summed E-state index contributed by atoms with van der Waals surface area (Å²) in [6, 6.07) is 0. The van der Waals surface area contributed by atoms with Crippen molar-refractivity contribution < 1.29 is 9.84 Å². The first-order chi connectivity index (χ1) is 6.09. The third-order valence-corrected chi connectivity index (χ3v) is 3.16. The third kappa shape index (κ3) is 1.45. The number of hydrogen-bond donors (Lipinski definition) is 1. The van der Waals surface area contributed by atoms with Crippen LogP contribution in [0.25, 0.3) is 0 Å². The van der Waals surface area contributed by atoms with Gasteiger partial charge in [-0.2, -0.15) is 0 Å². The summed E-state index contributed by atoms with van der Waals surface area (Å²) in [5.41, 5.74) is 0.256. The molecule has 72 valence electrons. The maximum absolute atomic E-state index is 9.44. The summed E-state index contributed by atoms with van der Waals surface area (Å²) in [7, 11) is 0. The second-order valence-electron chi connectivity index (χ2n) is 4.57. The molecule has 2 aliphatic rings. The Morgan fingerprint density at radius 3 is 3.00 bits per heavy atom. The first kappa shape index (κ1) is 8.67. The van der Waals surface area contributed by atoms with Crippen LogP contribution in [0, 0.1) is 11.3 Å². The normalized spacial score (nSPS) is 31.1. The lowest BCUT2D eigenvalue weighted by Crippen LogP contribution is -2.34. The molecule has 1 atom stereocenters. The lowest BCUT2D eigenvalue weighted by atomic mass is 9.71. The molecule has 1 N–H and O–H groups in total. The second-order valence-corrected chi connectivity index (χ2v) is 4.57. The average Bonchev–Trinajstić information content (AvgIpc) is 2.06. The summed E-state index contributed by atoms with van der Waals surface area (Å²) in [5.74, 6) is 1.90. The highest BCUT2D eigenvalue weighted by molar-refractivity contribution is 5.22. The molecule has 2 heteroatoms. The van der Waals surface area contributed by atoms with Crippen LogP contribution in [-0.2, 0) is 4.74 Å². The van der Waals surface area contributed by atoms with E-state index in [2.05, 4.69) is 13.8 Å². The Morgan fingerprint density at radius 2 is 2.23 bits per heavy atom. The zero-order chi connectivity index (χ0) is 9.47. The number of aliphatic hydroxyl groups excluding tert-OH is 1. The van der Waals surface area contributed by atoms with E-state index in [1.807, 2.05) is 6.08 Å². The highest BCUT2D eigenvalue weighted by atomic mass is 16.5. The van der Waals surface area contributed by atoms with Crippen LogP contribution in [0.3, 0.4) is 0 Å². The molecule has 0 aromatic carbocycles. The molecule has 0 bridgehead atoms. The minimum Gasteiger partial charge on any atom is -0.512 e. The van der Waals surface area contributed by atoms with E-state index in [9.17, 15) is 5.11 Å². The van der Waals surface area contributed by atoms with E-state index in [-0.39, 0.29) is 5.41 Å². The van der Waals surface area contributed by atoms with Crippen LogP contribution in [0.15, 0.2) is 23.7 Å². The standard InChI is InChI=1S/C11H16O2/c1-11(2)5-6-13-10-4-3-8(12)7-9(10)11/h3-4,9,12H,5-7H2,1-2H3. The average molecular weight is 180 g/mol. The van der Waals surface area contributed by atoms with E-state index in [4.69, 9.17) is 4.74 Å². The van der Waals surface area contributed by atoms with Gasteiger partial charge in [0.05, 0.1) is 12.4 Å². The van der Waals surface area contributed by atoms with Gasteiger partial charge in [-0.15, -0.1) is 0 Å². The smallest absolute Gasteiger partial charge is 0.100 e. The van der Waals surface area contributed by atoms with Gasteiger partial charge in [0.1, 0.15) is 5.76 Å². The van der Waals surface area contributed by atoms with Crippen LogP contribution >= 0.6 is 0 Å². The second kappa shape index (κ2) is 2.79. The van der Waals surface area contributed by atoms with E-state index in [1.54, 1.807) is 6.08 Å². The van der Waals surface area contributed by atoms with Gasteiger partial charge in [0.25, 0.3) is 0 Å². The summed E-state index contributed by atoms with van der Waals surface area (Å²) < 4.78 is 5.57. The van der Waals surface area contributed by atoms with Crippen molar-refractivity contribution in [1.82, 2.24) is 0 Å². The Hall–Kier alpha value is -0.920. The molecule has 0 aromatic heterocycles. The molecule has 0 radical (unpaired) electrons. The molecule has 0 amide bonds. The predicted octanol–water partition coefficient (Wildman–Crippen LogP) is 2.78. The Labute approximate surface area is 78.9 Å². The van der Waals surface area contributed by atoms with Crippen LogP contribution in [0.5, 0.6) is 0 Å². The van der Waals surface area contributed by atoms with Crippen molar-refractivity contribution in [1.29, 1.82) is 0 Å². The zero-order valence-corrected chi connectivity index (χ0v) is 8.21. The molecule has 13 heavy (non-hydrogen) atoms. The number of hydrogen-bond acceptors (Lipinski definition) is 2. The fourth-order valence-corrected chi connectivity index (χ4v) is 2.09. The Morgan fingerprint density at radius 1 is 1.46 bits per heavy atom. The monoisotopic (exact) mass is 180 g/mol. The molecule has 1 unspecified atom stereocenters. The summed E-state index contributed by atoms with van der Waals surface area (Å²) >= 11 is 0. The number of rotatable bonds is 0. The van der Waals surface area contributed by atoms with Crippen LogP contribution in [0.2, 0.25) is 0 Å². The van der Waals surface area contributed by atoms with E-state index in [0.717, 1.165) is 25.2 Å². The van der Waals surface area contributed by atoms with E-state index >= 15 is 0 Å². The van der Waals surface area contributed by atoms with Gasteiger partial charge >= 0.3 is 0 Å². The highest BCUT2D eigenvalue weighted by Crippen LogP contribution is 2.44. The summed E-state index contributed by atoms with van der Waals surface area (Å²) in [6.07, 6.45) is 5.46. The van der Waals surface area contributed by atoms with Crippen LogP contribution in [-0.4, -0.2) is 11.7 Å². The zero-order valence-electron chi connectivity index (χ0n) is 8.21. The largest absolute Gasteiger partial charge is 0.512 e. The Balaban J connectivity index is 2.28. The third-order valence-electron chi connectivity index (χ3n) is 3.16. The van der Waals surface area contributed by atoms with Gasteiger partial charge in [0.2, 0.25) is 0 Å². The topological polar surface area (TPSA) is 29.5 Å². The van der Waals surface area contributed by atoms with Gasteiger partial charge in [0.15, 0.2) is 0 Å². The van der Waals surface area contributed by atoms with Crippen molar-refractivity contribution in [3.63, 3.8) is 0 Å². The first-order valence-electron chi connectivity index (χ1n) is 4.82. The van der Waals surface area contributed by atoms with Crippen LogP contribution in [0.1, 0.15) is 26.7 Å². The minimum absolute atomic E-state index is 0.256. The van der Waals surface area contributed by atoms with Crippen molar-refractivity contribution in [2.75, 3.05) is 6.61 Å². The Bertz CT molecular complexity index is 274. The van der Waals surface area contributed by atoms with Gasteiger partial charge in [-0.05, 0) is 24.0 Å².